The third-order valence-corrected chi connectivity index (χ3v) is 3.41. The molecule has 1 heterocycles. The van der Waals surface area contributed by atoms with Crippen molar-refractivity contribution < 1.29 is 24.1 Å². The largest absolute Gasteiger partial charge is 0.468 e. The molecule has 0 aromatic heterocycles. The van der Waals surface area contributed by atoms with Gasteiger partial charge in [0.2, 0.25) is 0 Å². The molecule has 0 bridgehead atoms. The molecule has 1 unspecified atom stereocenters. The lowest BCUT2D eigenvalue weighted by molar-refractivity contribution is -0.145. The fraction of sp³-hybridized carbons (Fsp3) is 0.533. The number of aliphatic hydroxyl groups excluding tert-OH is 1. The molecule has 2 atom stereocenters. The highest BCUT2D eigenvalue weighted by Gasteiger charge is 2.26. The van der Waals surface area contributed by atoms with Crippen LogP contribution in [0.2, 0.25) is 0 Å². The first-order chi connectivity index (χ1) is 10.0. The minimum atomic E-state index is -0.969. The molecule has 21 heavy (non-hydrogen) atoms. The predicted octanol–water partition coefficient (Wildman–Crippen LogP) is 1.33. The van der Waals surface area contributed by atoms with Crippen molar-refractivity contribution in [2.24, 2.45) is 5.92 Å². The van der Waals surface area contributed by atoms with Gasteiger partial charge in [-0.2, -0.15) is 0 Å². The van der Waals surface area contributed by atoms with Crippen molar-refractivity contribution in [3.05, 3.63) is 29.3 Å². The van der Waals surface area contributed by atoms with E-state index in [1.165, 1.54) is 7.11 Å². The molecule has 2 rings (SSSR count). The maximum absolute atomic E-state index is 11.7. The Balaban J connectivity index is 2.12. The molecule has 0 saturated heterocycles. The molecule has 1 aliphatic heterocycles. The van der Waals surface area contributed by atoms with Crippen molar-refractivity contribution in [2.45, 2.75) is 32.7 Å². The molecule has 0 fully saturated rings. The molecule has 0 aliphatic carbocycles. The second kappa shape index (κ2) is 6.89. The summed E-state index contributed by atoms with van der Waals surface area (Å²) in [6.45, 7) is 4.46. The monoisotopic (exact) mass is 295 g/mol. The number of ether oxygens (including phenoxy) is 3. The van der Waals surface area contributed by atoms with Gasteiger partial charge in [-0.05, 0) is 23.6 Å². The van der Waals surface area contributed by atoms with Gasteiger partial charge in [0.25, 0.3) is 0 Å². The molecule has 1 aromatic carbocycles. The number of carbonyl (C=O) groups excluding carboxylic acids is 1. The van der Waals surface area contributed by atoms with Crippen molar-refractivity contribution in [3.8, 4) is 5.75 Å². The molecule has 0 saturated carbocycles. The van der Waals surface area contributed by atoms with E-state index in [0.717, 1.165) is 11.3 Å². The number of carbonyl (C=O) groups is 1. The second-order valence-electron chi connectivity index (χ2n) is 5.29. The van der Waals surface area contributed by atoms with E-state index >= 15 is 0 Å². The summed E-state index contributed by atoms with van der Waals surface area (Å²) >= 11 is 0. The van der Waals surface area contributed by atoms with E-state index in [-0.39, 0.29) is 12.7 Å². The molecule has 1 aliphatic rings. The second-order valence-corrected chi connectivity index (χ2v) is 5.29. The summed E-state index contributed by atoms with van der Waals surface area (Å²) in [6.07, 6.45) is -0.969. The van der Waals surface area contributed by atoms with Crippen molar-refractivity contribution in [1.29, 1.82) is 0 Å². The topological polar surface area (TPSA) is 77.0 Å². The van der Waals surface area contributed by atoms with Gasteiger partial charge in [0.15, 0.2) is 6.79 Å². The van der Waals surface area contributed by atoms with E-state index in [1.807, 2.05) is 13.8 Å². The number of methoxy groups -OCH3 is 1. The van der Waals surface area contributed by atoms with Gasteiger partial charge in [0.05, 0.1) is 13.7 Å². The Kier molecular flexibility index (Phi) is 5.17. The molecule has 6 nitrogen and oxygen atoms in total. The van der Waals surface area contributed by atoms with Crippen LogP contribution < -0.4 is 10.1 Å². The summed E-state index contributed by atoms with van der Waals surface area (Å²) < 4.78 is 15.3. The Hall–Kier alpha value is -1.63. The van der Waals surface area contributed by atoms with Gasteiger partial charge in [-0.3, -0.25) is 10.1 Å². The number of esters is 1. The first kappa shape index (κ1) is 15.8. The van der Waals surface area contributed by atoms with Gasteiger partial charge >= 0.3 is 5.97 Å². The molecule has 0 spiro atoms. The van der Waals surface area contributed by atoms with Gasteiger partial charge in [0, 0.05) is 5.56 Å². The zero-order valence-electron chi connectivity index (χ0n) is 12.5. The first-order valence-electron chi connectivity index (χ1n) is 6.88. The Morgan fingerprint density at radius 3 is 2.86 bits per heavy atom. The van der Waals surface area contributed by atoms with Gasteiger partial charge < -0.3 is 19.3 Å². The highest BCUT2D eigenvalue weighted by Crippen LogP contribution is 2.26. The Labute approximate surface area is 124 Å². The summed E-state index contributed by atoms with van der Waals surface area (Å²) in [7, 11) is 1.33. The fourth-order valence-electron chi connectivity index (χ4n) is 2.21. The summed E-state index contributed by atoms with van der Waals surface area (Å²) in [4.78, 5) is 11.7. The Morgan fingerprint density at radius 1 is 1.43 bits per heavy atom. The van der Waals surface area contributed by atoms with E-state index in [1.54, 1.807) is 18.2 Å². The summed E-state index contributed by atoms with van der Waals surface area (Å²) in [5.41, 5.74) is 1.52. The highest BCUT2D eigenvalue weighted by atomic mass is 16.7. The quantitative estimate of drug-likeness (QED) is 0.630. The molecule has 2 N–H and O–H groups in total. The van der Waals surface area contributed by atoms with E-state index in [9.17, 15) is 9.90 Å². The van der Waals surface area contributed by atoms with E-state index in [2.05, 4.69) is 5.32 Å². The van der Waals surface area contributed by atoms with Crippen LogP contribution in [0.1, 0.15) is 31.2 Å². The maximum Gasteiger partial charge on any atom is 0.323 e. The average Bonchev–Trinajstić information content (AvgIpc) is 2.50. The molecule has 116 valence electrons. The number of nitrogens with one attached hydrogen (secondary N) is 1. The lowest BCUT2D eigenvalue weighted by Crippen LogP contribution is -2.43. The standard InChI is InChI=1S/C15H21NO5/c1-9(2)13(15(18)19-3)16-14(17)10-4-5-12-11(6-10)7-20-8-21-12/h4-6,9,13-14,16-17H,7-8H2,1-3H3/t13-,14?/m1/s1. The van der Waals surface area contributed by atoms with E-state index in [4.69, 9.17) is 14.2 Å². The number of fused-ring (bicyclic) bond motifs is 1. The normalized spacial score (nSPS) is 16.8. The third-order valence-electron chi connectivity index (χ3n) is 3.41. The minimum Gasteiger partial charge on any atom is -0.468 e. The van der Waals surface area contributed by atoms with Crippen LogP contribution in [0.4, 0.5) is 0 Å². The van der Waals surface area contributed by atoms with Crippen LogP contribution in [0, 0.1) is 5.92 Å². The van der Waals surface area contributed by atoms with Crippen LogP contribution in [0.5, 0.6) is 5.75 Å². The zero-order valence-corrected chi connectivity index (χ0v) is 12.5. The van der Waals surface area contributed by atoms with Gasteiger partial charge in [-0.1, -0.05) is 19.9 Å². The Morgan fingerprint density at radius 2 is 2.19 bits per heavy atom. The van der Waals surface area contributed by atoms with Crippen LogP contribution in [0.3, 0.4) is 0 Å². The molecule has 1 aromatic rings. The van der Waals surface area contributed by atoms with Crippen molar-refractivity contribution in [2.75, 3.05) is 13.9 Å². The van der Waals surface area contributed by atoms with E-state index < -0.39 is 18.2 Å². The molecule has 0 radical (unpaired) electrons. The SMILES string of the molecule is COC(=O)[C@H](NC(O)c1ccc2c(c1)COCO2)C(C)C. The number of hydrogen-bond acceptors (Lipinski definition) is 6. The third kappa shape index (κ3) is 3.72. The van der Waals surface area contributed by atoms with Crippen LogP contribution in [-0.2, 0) is 20.9 Å². The van der Waals surface area contributed by atoms with Crippen LogP contribution in [-0.4, -0.2) is 31.0 Å². The maximum atomic E-state index is 11.7. The summed E-state index contributed by atoms with van der Waals surface area (Å²) in [6, 6.07) is 4.78. The lowest BCUT2D eigenvalue weighted by Gasteiger charge is -2.25. The number of rotatable bonds is 5. The summed E-state index contributed by atoms with van der Waals surface area (Å²) in [5.74, 6) is 0.357. The number of hydrogen-bond donors (Lipinski definition) is 2. The Bertz CT molecular complexity index is 503. The van der Waals surface area contributed by atoms with Crippen LogP contribution in [0.25, 0.3) is 0 Å². The van der Waals surface area contributed by atoms with Gasteiger partial charge in [-0.15, -0.1) is 0 Å². The zero-order chi connectivity index (χ0) is 15.4. The van der Waals surface area contributed by atoms with Crippen molar-refractivity contribution >= 4 is 5.97 Å². The molecular formula is C15H21NO5. The molecule has 0 amide bonds. The van der Waals surface area contributed by atoms with E-state index in [0.29, 0.717) is 12.2 Å². The summed E-state index contributed by atoms with van der Waals surface area (Å²) in [5, 5.41) is 13.2. The van der Waals surface area contributed by atoms with Crippen molar-refractivity contribution in [1.82, 2.24) is 5.32 Å². The first-order valence-corrected chi connectivity index (χ1v) is 6.88. The smallest absolute Gasteiger partial charge is 0.323 e. The average molecular weight is 295 g/mol. The number of benzene rings is 1. The fourth-order valence-corrected chi connectivity index (χ4v) is 2.21. The van der Waals surface area contributed by atoms with Crippen molar-refractivity contribution in [3.63, 3.8) is 0 Å². The molecular weight excluding hydrogens is 274 g/mol. The number of aliphatic hydroxyl groups is 1. The van der Waals surface area contributed by atoms with Crippen LogP contribution >= 0.6 is 0 Å². The van der Waals surface area contributed by atoms with Gasteiger partial charge in [-0.25, -0.2) is 0 Å². The van der Waals surface area contributed by atoms with Crippen LogP contribution in [0.15, 0.2) is 18.2 Å². The highest BCUT2D eigenvalue weighted by molar-refractivity contribution is 5.76. The lowest BCUT2D eigenvalue weighted by atomic mass is 10.0. The molecule has 6 heteroatoms. The predicted molar refractivity (Wildman–Crippen MR) is 75.5 cm³/mol. The van der Waals surface area contributed by atoms with Gasteiger partial charge in [0.1, 0.15) is 18.0 Å². The minimum absolute atomic E-state index is 0.00334.